The van der Waals surface area contributed by atoms with Crippen LogP contribution >= 0.6 is 20.7 Å². The molecule has 1 fully saturated rings. The van der Waals surface area contributed by atoms with Gasteiger partial charge in [-0.25, -0.2) is 20.6 Å². The first-order chi connectivity index (χ1) is 18.5. The van der Waals surface area contributed by atoms with Crippen LogP contribution in [0.15, 0.2) is 52.2 Å². The molecule has 13 heteroatoms. The molecule has 2 heterocycles. The maximum Gasteiger partial charge on any atom is 0.330 e. The van der Waals surface area contributed by atoms with Crippen LogP contribution < -0.4 is 16.6 Å². The fourth-order valence-corrected chi connectivity index (χ4v) is 5.99. The van der Waals surface area contributed by atoms with Crippen LogP contribution in [-0.2, 0) is 18.5 Å². The van der Waals surface area contributed by atoms with E-state index in [-0.39, 0.29) is 24.2 Å². The molecular formula is C25H34N5O6PS. The minimum absolute atomic E-state index is 0.000789. The molecule has 206 valence electrons. The molecule has 11 nitrogen and oxygen atoms in total. The minimum Gasteiger partial charge on any atom is -0.460 e. The van der Waals surface area contributed by atoms with Crippen LogP contribution in [0.5, 0.6) is 0 Å². The summed E-state index contributed by atoms with van der Waals surface area (Å²) in [5.41, 5.74) is -0.582. The number of nitrogens with one attached hydrogen (secondary N) is 2. The smallest absolute Gasteiger partial charge is 0.330 e. The molecular weight excluding hydrogens is 529 g/mol. The lowest BCUT2D eigenvalue weighted by molar-refractivity contribution is -0.0301. The molecule has 1 aromatic heterocycles. The Balaban J connectivity index is 2.01. The Hall–Kier alpha value is -2.65. The summed E-state index contributed by atoms with van der Waals surface area (Å²) in [5.74, 6) is 0. The molecule has 1 aliphatic heterocycles. The first-order valence-electron chi connectivity index (χ1n) is 12.8. The van der Waals surface area contributed by atoms with Crippen molar-refractivity contribution in [3.05, 3.63) is 74.9 Å². The quantitative estimate of drug-likeness (QED) is 0.249. The van der Waals surface area contributed by atoms with Crippen molar-refractivity contribution in [1.29, 1.82) is 0 Å². The highest BCUT2D eigenvalue weighted by Crippen LogP contribution is 2.51. The van der Waals surface area contributed by atoms with E-state index in [9.17, 15) is 9.59 Å². The topological polar surface area (TPSA) is 111 Å². The average Bonchev–Trinajstić information content (AvgIpc) is 3.20. The Morgan fingerprint density at radius 1 is 1.21 bits per heavy atom. The van der Waals surface area contributed by atoms with E-state index in [2.05, 4.69) is 15.1 Å². The van der Waals surface area contributed by atoms with Gasteiger partial charge in [0.25, 0.3) is 19.3 Å². The average molecular weight is 565 g/mol. The number of anilines is 1. The summed E-state index contributed by atoms with van der Waals surface area (Å²) in [7, 11) is -1.82. The predicted octanol–water partition coefficient (Wildman–Crippen LogP) is 4.25. The molecule has 0 aliphatic carbocycles. The Morgan fingerprint density at radius 2 is 1.89 bits per heavy atom. The summed E-state index contributed by atoms with van der Waals surface area (Å²) in [4.78, 5) is 30.1. The van der Waals surface area contributed by atoms with Crippen molar-refractivity contribution in [3.63, 3.8) is 0 Å². The third kappa shape index (κ3) is 7.47. The van der Waals surface area contributed by atoms with Gasteiger partial charge in [-0.15, -0.1) is 0 Å². The van der Waals surface area contributed by atoms with E-state index in [1.165, 1.54) is 16.8 Å². The van der Waals surface area contributed by atoms with Crippen LogP contribution in [-0.4, -0.2) is 56.0 Å². The summed E-state index contributed by atoms with van der Waals surface area (Å²) < 4.78 is 36.2. The van der Waals surface area contributed by atoms with Gasteiger partial charge < -0.3 is 19.3 Å². The van der Waals surface area contributed by atoms with Gasteiger partial charge in [-0.1, -0.05) is 18.2 Å². The normalized spacial score (nSPS) is 23.2. The van der Waals surface area contributed by atoms with Gasteiger partial charge in [0.05, 0.1) is 6.10 Å². The molecule has 3 rings (SSSR count). The van der Waals surface area contributed by atoms with E-state index in [0.717, 1.165) is 0 Å². The summed E-state index contributed by atoms with van der Waals surface area (Å²) in [6, 6.07) is 10.4. The van der Waals surface area contributed by atoms with Gasteiger partial charge in [-0.3, -0.25) is 19.2 Å². The molecule has 1 saturated heterocycles. The monoisotopic (exact) mass is 564 g/mol. The molecule has 0 amide bonds. The number of benzene rings is 1. The van der Waals surface area contributed by atoms with Gasteiger partial charge in [0.15, 0.2) is 12.3 Å². The van der Waals surface area contributed by atoms with Crippen molar-refractivity contribution in [3.8, 4) is 0 Å². The number of aromatic nitrogens is 2. The van der Waals surface area contributed by atoms with Crippen molar-refractivity contribution >= 4 is 31.6 Å². The van der Waals surface area contributed by atoms with Crippen LogP contribution in [0.25, 0.3) is 4.85 Å². The Bertz CT molecular complexity index is 1250. The lowest BCUT2D eigenvalue weighted by atomic mass is 10.1. The lowest BCUT2D eigenvalue weighted by Crippen LogP contribution is -2.42. The van der Waals surface area contributed by atoms with E-state index >= 15 is 0 Å². The first kappa shape index (κ1) is 28.4. The second-order valence-corrected chi connectivity index (χ2v) is 10.9. The summed E-state index contributed by atoms with van der Waals surface area (Å²) in [6.45, 7) is 16.8. The fourth-order valence-electron chi connectivity index (χ4n) is 3.97. The van der Waals surface area contributed by atoms with Crippen LogP contribution in [0.2, 0.25) is 0 Å². The van der Waals surface area contributed by atoms with Crippen molar-refractivity contribution in [2.24, 2.45) is 0 Å². The molecule has 1 aromatic carbocycles. The van der Waals surface area contributed by atoms with Gasteiger partial charge in [0.2, 0.25) is 0 Å². The highest BCUT2D eigenvalue weighted by Gasteiger charge is 2.49. The molecule has 2 aromatic rings. The van der Waals surface area contributed by atoms with Gasteiger partial charge in [-0.2, -0.15) is 0 Å². The summed E-state index contributed by atoms with van der Waals surface area (Å²) in [5, 5.41) is 3.00. The van der Waals surface area contributed by atoms with Gasteiger partial charge in [0.1, 0.15) is 6.10 Å². The molecule has 6 atom stereocenters. The number of hydrogen-bond donors (Lipinski definition) is 2. The zero-order valence-corrected chi connectivity index (χ0v) is 23.6. The van der Waals surface area contributed by atoms with Gasteiger partial charge >= 0.3 is 11.9 Å². The van der Waals surface area contributed by atoms with Crippen molar-refractivity contribution in [2.75, 3.05) is 5.32 Å². The number of para-hydroxylation sites is 1. The number of H-pyrrole nitrogens is 1. The molecule has 0 bridgehead atoms. The van der Waals surface area contributed by atoms with Crippen LogP contribution in [0, 0.1) is 6.57 Å². The third-order valence-electron chi connectivity index (χ3n) is 5.56. The molecule has 38 heavy (non-hydrogen) atoms. The highest BCUT2D eigenvalue weighted by molar-refractivity contribution is 7.80. The highest BCUT2D eigenvalue weighted by atomic mass is 32.1. The second-order valence-electron chi connectivity index (χ2n) is 9.15. The fraction of sp³-hybridized carbons (Fsp3) is 0.520. The standard InChI is InChI=1S/C25H34N5O6PS/c1-15(2)30(16(3)4)37(35-18(6)26-7)36-21-17(5)33-23(29-14-13-20(31)28-24(29)32)22(21)34-25(38)27-19-11-9-8-10-12-19/h8-18,21-23H,1-6H3,(H,27,38)(H,28,31,32)/t17-,18?,21?,22+,23-,37?/m1/s1/i5D. The van der Waals surface area contributed by atoms with Crippen LogP contribution in [0.3, 0.4) is 0 Å². The Morgan fingerprint density at radius 3 is 2.47 bits per heavy atom. The van der Waals surface area contributed by atoms with E-state index in [0.29, 0.717) is 5.69 Å². The Labute approximate surface area is 230 Å². The number of rotatable bonds is 10. The van der Waals surface area contributed by atoms with E-state index in [1.54, 1.807) is 6.92 Å². The number of nitrogens with zero attached hydrogens (tertiary/aromatic N) is 3. The van der Waals surface area contributed by atoms with Crippen LogP contribution in [0.4, 0.5) is 5.69 Å². The largest absolute Gasteiger partial charge is 0.460 e. The molecule has 0 saturated carbocycles. The minimum atomic E-state index is -1.82. The predicted molar refractivity (Wildman–Crippen MR) is 149 cm³/mol. The molecule has 0 radical (unpaired) electrons. The number of thiocarbonyl (C=S) groups is 1. The molecule has 0 spiro atoms. The van der Waals surface area contributed by atoms with E-state index in [4.69, 9.17) is 38.7 Å². The second kappa shape index (κ2) is 13.4. The lowest BCUT2D eigenvalue weighted by Gasteiger charge is -2.37. The van der Waals surface area contributed by atoms with E-state index in [1.807, 2.05) is 62.7 Å². The Kier molecular flexibility index (Phi) is 10.0. The SMILES string of the molecule is [2H]C[C@H]1O[C@@H](n2ccc(=O)[nH]c2=O)[C@@H](OC(=S)Nc2ccccc2)C1OP(OC(C)[N+]#[C-])N(C(C)C)C(C)C. The van der Waals surface area contributed by atoms with Crippen LogP contribution in [0.1, 0.15) is 49.1 Å². The number of aromatic amines is 1. The number of ether oxygens (including phenoxy) is 2. The zero-order chi connectivity index (χ0) is 28.7. The summed E-state index contributed by atoms with van der Waals surface area (Å²) >= 11 is 5.48. The van der Waals surface area contributed by atoms with Crippen molar-refractivity contribution in [1.82, 2.24) is 14.2 Å². The molecule has 3 unspecified atom stereocenters. The maximum atomic E-state index is 12.7. The van der Waals surface area contributed by atoms with E-state index < -0.39 is 50.5 Å². The first-order valence-corrected chi connectivity index (χ1v) is 13.7. The van der Waals surface area contributed by atoms with Gasteiger partial charge in [0, 0.05) is 38.3 Å². The van der Waals surface area contributed by atoms with Crippen molar-refractivity contribution < 1.29 is 19.9 Å². The third-order valence-corrected chi connectivity index (χ3v) is 7.97. The number of hydrogen-bond acceptors (Lipinski definition) is 8. The summed E-state index contributed by atoms with van der Waals surface area (Å²) in [6.07, 6.45) is -3.32. The molecule has 1 aliphatic rings. The zero-order valence-electron chi connectivity index (χ0n) is 22.9. The molecule has 2 N–H and O–H groups in total. The van der Waals surface area contributed by atoms with Gasteiger partial charge in [-0.05, 0) is 58.9 Å². The van der Waals surface area contributed by atoms with Crippen molar-refractivity contribution in [2.45, 2.75) is 84.4 Å². The maximum absolute atomic E-state index is 12.7.